The molecule has 0 atom stereocenters. The van der Waals surface area contributed by atoms with Gasteiger partial charge >= 0.3 is 0 Å². The van der Waals surface area contributed by atoms with Crippen LogP contribution in [0, 0.1) is 0 Å². The second kappa shape index (κ2) is 8.18. The molecule has 0 aliphatic heterocycles. The highest BCUT2D eigenvalue weighted by atomic mass is 35.5. The molecule has 0 saturated carbocycles. The second-order valence-electron chi connectivity index (χ2n) is 5.10. The normalized spacial score (nSPS) is 10.8. The molecule has 130 valence electrons. The van der Waals surface area contributed by atoms with Crippen molar-refractivity contribution in [2.24, 2.45) is 0 Å². The Bertz CT molecular complexity index is 882. The first-order valence-corrected chi connectivity index (χ1v) is 9.74. The SMILES string of the molecule is CN(Cc1ccc(Cl)s1)C(=O)CSc1nnnn1-c1cccc(Cl)c1. The van der Waals surface area contributed by atoms with Crippen molar-refractivity contribution in [3.8, 4) is 5.69 Å². The number of thiophene rings is 1. The van der Waals surface area contributed by atoms with Gasteiger partial charge in [-0.2, -0.15) is 4.68 Å². The van der Waals surface area contributed by atoms with E-state index in [0.29, 0.717) is 21.1 Å². The lowest BCUT2D eigenvalue weighted by Gasteiger charge is -2.15. The van der Waals surface area contributed by atoms with Crippen LogP contribution in [-0.4, -0.2) is 43.8 Å². The van der Waals surface area contributed by atoms with Gasteiger partial charge in [-0.25, -0.2) is 0 Å². The number of thioether (sulfide) groups is 1. The monoisotopic (exact) mass is 413 g/mol. The third kappa shape index (κ3) is 4.72. The van der Waals surface area contributed by atoms with Crippen LogP contribution in [-0.2, 0) is 11.3 Å². The molecule has 2 aromatic heterocycles. The maximum Gasteiger partial charge on any atom is 0.233 e. The number of amides is 1. The Kier molecular flexibility index (Phi) is 5.95. The first-order chi connectivity index (χ1) is 12.0. The van der Waals surface area contributed by atoms with Crippen LogP contribution >= 0.6 is 46.3 Å². The number of hydrogen-bond acceptors (Lipinski definition) is 6. The van der Waals surface area contributed by atoms with E-state index in [1.807, 2.05) is 24.3 Å². The van der Waals surface area contributed by atoms with Gasteiger partial charge in [-0.3, -0.25) is 4.79 Å². The molecule has 10 heteroatoms. The van der Waals surface area contributed by atoms with E-state index in [1.165, 1.54) is 23.1 Å². The molecular formula is C15H13Cl2N5OS2. The van der Waals surface area contributed by atoms with Gasteiger partial charge in [0.15, 0.2) is 0 Å². The molecule has 0 saturated heterocycles. The van der Waals surface area contributed by atoms with Crippen LogP contribution in [0.4, 0.5) is 0 Å². The summed E-state index contributed by atoms with van der Waals surface area (Å²) in [5, 5.41) is 12.7. The Morgan fingerprint density at radius 2 is 2.16 bits per heavy atom. The Labute approximate surface area is 162 Å². The number of halogens is 2. The van der Waals surface area contributed by atoms with Gasteiger partial charge in [-0.05, 0) is 40.8 Å². The molecule has 0 unspecified atom stereocenters. The molecule has 1 amide bonds. The van der Waals surface area contributed by atoms with Gasteiger partial charge in [-0.15, -0.1) is 16.4 Å². The molecule has 0 N–H and O–H groups in total. The van der Waals surface area contributed by atoms with E-state index in [-0.39, 0.29) is 11.7 Å². The first-order valence-electron chi connectivity index (χ1n) is 7.18. The van der Waals surface area contributed by atoms with Gasteiger partial charge in [0, 0.05) is 16.9 Å². The van der Waals surface area contributed by atoms with Crippen molar-refractivity contribution in [2.75, 3.05) is 12.8 Å². The fourth-order valence-electron chi connectivity index (χ4n) is 2.03. The summed E-state index contributed by atoms with van der Waals surface area (Å²) in [7, 11) is 1.76. The van der Waals surface area contributed by atoms with Crippen LogP contribution < -0.4 is 0 Å². The van der Waals surface area contributed by atoms with Crippen molar-refractivity contribution in [1.29, 1.82) is 0 Å². The highest BCUT2D eigenvalue weighted by molar-refractivity contribution is 7.99. The second-order valence-corrected chi connectivity index (χ2v) is 8.28. The van der Waals surface area contributed by atoms with E-state index in [0.717, 1.165) is 10.6 Å². The molecule has 3 rings (SSSR count). The Morgan fingerprint density at radius 1 is 1.32 bits per heavy atom. The van der Waals surface area contributed by atoms with Crippen molar-refractivity contribution in [3.05, 3.63) is 50.6 Å². The summed E-state index contributed by atoms with van der Waals surface area (Å²) in [4.78, 5) is 15.0. The van der Waals surface area contributed by atoms with E-state index < -0.39 is 0 Å². The predicted octanol–water partition coefficient (Wildman–Crippen LogP) is 3.78. The smallest absolute Gasteiger partial charge is 0.233 e. The number of benzene rings is 1. The largest absolute Gasteiger partial charge is 0.340 e. The van der Waals surface area contributed by atoms with Gasteiger partial charge in [0.1, 0.15) is 0 Å². The molecule has 25 heavy (non-hydrogen) atoms. The van der Waals surface area contributed by atoms with E-state index in [2.05, 4.69) is 15.5 Å². The van der Waals surface area contributed by atoms with Crippen LogP contribution in [0.3, 0.4) is 0 Å². The van der Waals surface area contributed by atoms with Crippen molar-refractivity contribution in [1.82, 2.24) is 25.1 Å². The molecule has 0 bridgehead atoms. The van der Waals surface area contributed by atoms with Crippen LogP contribution in [0.15, 0.2) is 41.6 Å². The molecule has 0 spiro atoms. The van der Waals surface area contributed by atoms with Crippen LogP contribution in [0.2, 0.25) is 9.36 Å². The number of nitrogens with zero attached hydrogens (tertiary/aromatic N) is 5. The zero-order chi connectivity index (χ0) is 17.8. The van der Waals surface area contributed by atoms with E-state index in [4.69, 9.17) is 23.2 Å². The fraction of sp³-hybridized carbons (Fsp3) is 0.200. The summed E-state index contributed by atoms with van der Waals surface area (Å²) >= 11 is 14.7. The molecule has 0 radical (unpaired) electrons. The van der Waals surface area contributed by atoms with Gasteiger partial charge < -0.3 is 4.90 Å². The number of rotatable bonds is 6. The molecule has 0 fully saturated rings. The highest BCUT2D eigenvalue weighted by Gasteiger charge is 2.15. The lowest BCUT2D eigenvalue weighted by Crippen LogP contribution is -2.27. The first kappa shape index (κ1) is 18.2. The predicted molar refractivity (Wildman–Crippen MR) is 101 cm³/mol. The number of hydrogen-bond donors (Lipinski definition) is 0. The molecule has 1 aromatic carbocycles. The molecular weight excluding hydrogens is 401 g/mol. The van der Waals surface area contributed by atoms with Crippen molar-refractivity contribution < 1.29 is 4.79 Å². The molecule has 0 aliphatic rings. The van der Waals surface area contributed by atoms with Crippen molar-refractivity contribution in [2.45, 2.75) is 11.7 Å². The molecule has 6 nitrogen and oxygen atoms in total. The zero-order valence-corrected chi connectivity index (χ0v) is 16.2. The Hall–Kier alpha value is -1.61. The van der Waals surface area contributed by atoms with Crippen LogP contribution in [0.5, 0.6) is 0 Å². The van der Waals surface area contributed by atoms with Gasteiger partial charge in [0.05, 0.1) is 22.3 Å². The third-order valence-electron chi connectivity index (χ3n) is 3.27. The minimum Gasteiger partial charge on any atom is -0.340 e. The van der Waals surface area contributed by atoms with Crippen LogP contribution in [0.25, 0.3) is 5.69 Å². The lowest BCUT2D eigenvalue weighted by atomic mass is 10.3. The zero-order valence-electron chi connectivity index (χ0n) is 13.1. The molecule has 0 aliphatic carbocycles. The molecule has 2 heterocycles. The number of aromatic nitrogens is 4. The number of carbonyl (C=O) groups is 1. The van der Waals surface area contributed by atoms with E-state index >= 15 is 0 Å². The maximum atomic E-state index is 12.3. The Morgan fingerprint density at radius 3 is 2.88 bits per heavy atom. The topological polar surface area (TPSA) is 63.9 Å². The van der Waals surface area contributed by atoms with E-state index in [9.17, 15) is 4.79 Å². The minimum atomic E-state index is -0.0184. The van der Waals surface area contributed by atoms with Gasteiger partial charge in [0.25, 0.3) is 0 Å². The van der Waals surface area contributed by atoms with Crippen LogP contribution in [0.1, 0.15) is 4.88 Å². The summed E-state index contributed by atoms with van der Waals surface area (Å²) in [5.74, 6) is 0.214. The summed E-state index contributed by atoms with van der Waals surface area (Å²) in [6.07, 6.45) is 0. The lowest BCUT2D eigenvalue weighted by molar-refractivity contribution is -0.127. The third-order valence-corrected chi connectivity index (χ3v) is 5.62. The summed E-state index contributed by atoms with van der Waals surface area (Å²) < 4.78 is 2.27. The van der Waals surface area contributed by atoms with Crippen molar-refractivity contribution >= 4 is 52.2 Å². The summed E-state index contributed by atoms with van der Waals surface area (Å²) in [5.41, 5.74) is 0.744. The minimum absolute atomic E-state index is 0.0184. The molecule has 3 aromatic rings. The average Bonchev–Trinajstić information content (AvgIpc) is 3.21. The van der Waals surface area contributed by atoms with Gasteiger partial charge in [-0.1, -0.05) is 41.0 Å². The number of carbonyl (C=O) groups excluding carboxylic acids is 1. The number of tetrazole rings is 1. The standard InChI is InChI=1S/C15H13Cl2N5OS2/c1-21(8-12-5-6-13(17)25-12)14(23)9-24-15-18-19-20-22(15)11-4-2-3-10(16)7-11/h2-7H,8-9H2,1H3. The quantitative estimate of drug-likeness (QED) is 0.575. The average molecular weight is 414 g/mol. The summed E-state index contributed by atoms with van der Waals surface area (Å²) in [6, 6.07) is 10.9. The fourth-order valence-corrected chi connectivity index (χ4v) is 4.19. The summed E-state index contributed by atoms with van der Waals surface area (Å²) in [6.45, 7) is 0.524. The van der Waals surface area contributed by atoms with E-state index in [1.54, 1.807) is 28.8 Å². The Balaban J connectivity index is 1.62. The van der Waals surface area contributed by atoms with Gasteiger partial charge in [0.2, 0.25) is 11.1 Å². The highest BCUT2D eigenvalue weighted by Crippen LogP contribution is 2.23. The maximum absolute atomic E-state index is 12.3. The van der Waals surface area contributed by atoms with Crippen molar-refractivity contribution in [3.63, 3.8) is 0 Å².